The van der Waals surface area contributed by atoms with E-state index in [0.29, 0.717) is 22.4 Å². The van der Waals surface area contributed by atoms with Gasteiger partial charge in [-0.05, 0) is 101 Å². The van der Waals surface area contributed by atoms with Crippen LogP contribution in [-0.4, -0.2) is 50.7 Å². The minimum absolute atomic E-state index is 0.0658. The highest BCUT2D eigenvalue weighted by Gasteiger charge is 2.38. The van der Waals surface area contributed by atoms with Gasteiger partial charge >= 0.3 is 6.09 Å². The minimum Gasteiger partial charge on any atom is -0.508 e. The number of anilines is 1. The standard InChI is InChI=1S/C33H41N3O6/c1-20(2)36(31(40)27(35-32(41)42-33(5,6)7)19-23-12-15-25(37)16-13-23)29(24-14-17-28(38)22(4)18-24)30(39)34-26-11-9-8-10-21(26)3/h8-18,20,27,29,37-38H,19H2,1-7H3,(H,34,39)(H,35,41). The number of aromatic hydroxyl groups is 2. The number of alkyl carbamates (subject to hydrolysis) is 1. The third kappa shape index (κ3) is 8.49. The molecule has 224 valence electrons. The van der Waals surface area contributed by atoms with Gasteiger partial charge in [-0.15, -0.1) is 0 Å². The number of carbonyl (C=O) groups excluding carboxylic acids is 3. The van der Waals surface area contributed by atoms with Crippen molar-refractivity contribution in [1.82, 2.24) is 10.2 Å². The number of phenolic OH excluding ortho intramolecular Hbond substituents is 2. The normalized spacial score (nSPS) is 12.8. The molecule has 0 aromatic heterocycles. The van der Waals surface area contributed by atoms with E-state index in [2.05, 4.69) is 10.6 Å². The number of benzene rings is 3. The van der Waals surface area contributed by atoms with Crippen LogP contribution in [0.15, 0.2) is 66.7 Å². The predicted molar refractivity (Wildman–Crippen MR) is 162 cm³/mol. The van der Waals surface area contributed by atoms with Crippen LogP contribution in [0.3, 0.4) is 0 Å². The van der Waals surface area contributed by atoms with E-state index in [1.165, 1.54) is 23.1 Å². The van der Waals surface area contributed by atoms with Gasteiger partial charge in [-0.2, -0.15) is 0 Å². The molecule has 9 heteroatoms. The third-order valence-corrected chi connectivity index (χ3v) is 6.64. The number of amides is 3. The van der Waals surface area contributed by atoms with Gasteiger partial charge in [-0.25, -0.2) is 4.79 Å². The first-order valence-corrected chi connectivity index (χ1v) is 13.9. The van der Waals surface area contributed by atoms with Crippen LogP contribution in [0.25, 0.3) is 0 Å². The maximum absolute atomic E-state index is 14.4. The Balaban J connectivity index is 2.09. The monoisotopic (exact) mass is 575 g/mol. The number of carbonyl (C=O) groups is 3. The summed E-state index contributed by atoms with van der Waals surface area (Å²) >= 11 is 0. The average molecular weight is 576 g/mol. The number of phenols is 2. The molecule has 3 amide bonds. The Labute approximate surface area is 247 Å². The first kappa shape index (κ1) is 32.0. The maximum atomic E-state index is 14.4. The second-order valence-electron chi connectivity index (χ2n) is 11.7. The summed E-state index contributed by atoms with van der Waals surface area (Å²) in [5.74, 6) is -0.811. The van der Waals surface area contributed by atoms with Gasteiger partial charge in [0.1, 0.15) is 29.2 Å². The Morgan fingerprint density at radius 3 is 2.12 bits per heavy atom. The van der Waals surface area contributed by atoms with E-state index in [0.717, 1.165) is 5.56 Å². The summed E-state index contributed by atoms with van der Waals surface area (Å²) in [6.07, 6.45) is -0.688. The fourth-order valence-corrected chi connectivity index (χ4v) is 4.58. The zero-order chi connectivity index (χ0) is 31.2. The largest absolute Gasteiger partial charge is 0.508 e. The molecule has 3 aromatic rings. The third-order valence-electron chi connectivity index (χ3n) is 6.64. The topological polar surface area (TPSA) is 128 Å². The summed E-state index contributed by atoms with van der Waals surface area (Å²) in [5, 5.41) is 25.6. The molecule has 0 aliphatic rings. The lowest BCUT2D eigenvalue weighted by atomic mass is 9.97. The van der Waals surface area contributed by atoms with Crippen molar-refractivity contribution in [2.24, 2.45) is 0 Å². The molecule has 0 spiro atoms. The molecule has 0 saturated heterocycles. The van der Waals surface area contributed by atoms with Crippen LogP contribution in [0.1, 0.15) is 62.9 Å². The lowest BCUT2D eigenvalue weighted by Gasteiger charge is -2.37. The predicted octanol–water partition coefficient (Wildman–Crippen LogP) is 5.77. The zero-order valence-electron chi connectivity index (χ0n) is 25.3. The molecule has 9 nitrogen and oxygen atoms in total. The number of hydrogen-bond acceptors (Lipinski definition) is 6. The Kier molecular flexibility index (Phi) is 10.2. The summed E-state index contributed by atoms with van der Waals surface area (Å²) in [7, 11) is 0. The van der Waals surface area contributed by atoms with Gasteiger partial charge in [0.05, 0.1) is 0 Å². The van der Waals surface area contributed by atoms with Gasteiger partial charge in [0, 0.05) is 18.2 Å². The first-order chi connectivity index (χ1) is 19.7. The van der Waals surface area contributed by atoms with Crippen LogP contribution in [-0.2, 0) is 20.7 Å². The number of aryl methyl sites for hydroxylation is 2. The van der Waals surface area contributed by atoms with Crippen LogP contribution < -0.4 is 10.6 Å². The lowest BCUT2D eigenvalue weighted by Crippen LogP contribution is -2.55. The van der Waals surface area contributed by atoms with Crippen molar-refractivity contribution < 1.29 is 29.3 Å². The summed E-state index contributed by atoms with van der Waals surface area (Å²) in [6.45, 7) is 12.4. The summed E-state index contributed by atoms with van der Waals surface area (Å²) in [4.78, 5) is 42.8. The Hall–Kier alpha value is -4.53. The molecule has 0 aliphatic heterocycles. The van der Waals surface area contributed by atoms with Gasteiger partial charge in [-0.3, -0.25) is 9.59 Å². The minimum atomic E-state index is -1.10. The van der Waals surface area contributed by atoms with Crippen molar-refractivity contribution in [3.63, 3.8) is 0 Å². The summed E-state index contributed by atoms with van der Waals surface area (Å²) in [5.41, 5.74) is 2.39. The molecule has 42 heavy (non-hydrogen) atoms. The Morgan fingerprint density at radius 1 is 0.905 bits per heavy atom. The zero-order valence-corrected chi connectivity index (χ0v) is 25.3. The van der Waals surface area contributed by atoms with Crippen LogP contribution in [0.4, 0.5) is 10.5 Å². The van der Waals surface area contributed by atoms with Crippen molar-refractivity contribution in [3.05, 3.63) is 89.0 Å². The van der Waals surface area contributed by atoms with E-state index in [-0.39, 0.29) is 17.9 Å². The number of hydrogen-bond donors (Lipinski definition) is 4. The van der Waals surface area contributed by atoms with Gasteiger partial charge in [-0.1, -0.05) is 36.4 Å². The van der Waals surface area contributed by atoms with Crippen LogP contribution in [0.2, 0.25) is 0 Å². The number of para-hydroxylation sites is 1. The highest BCUT2D eigenvalue weighted by molar-refractivity contribution is 5.99. The number of nitrogens with one attached hydrogen (secondary N) is 2. The second-order valence-corrected chi connectivity index (χ2v) is 11.7. The van der Waals surface area contributed by atoms with Crippen molar-refractivity contribution >= 4 is 23.6 Å². The van der Waals surface area contributed by atoms with Crippen LogP contribution in [0.5, 0.6) is 11.5 Å². The molecule has 0 fully saturated rings. The number of ether oxygens (including phenoxy) is 1. The average Bonchev–Trinajstić information content (AvgIpc) is 2.89. The van der Waals surface area contributed by atoms with Crippen LogP contribution in [0, 0.1) is 13.8 Å². The SMILES string of the molecule is Cc1cc(C(C(=O)Nc2ccccc2C)N(C(=O)C(Cc2ccc(O)cc2)NC(=O)OC(C)(C)C)C(C)C)ccc1O. The first-order valence-electron chi connectivity index (χ1n) is 13.9. The quantitative estimate of drug-likeness (QED) is 0.257. The molecular formula is C33H41N3O6. The van der Waals surface area contributed by atoms with Crippen molar-refractivity contribution in [1.29, 1.82) is 0 Å². The second kappa shape index (κ2) is 13.4. The van der Waals surface area contributed by atoms with E-state index in [4.69, 9.17) is 4.74 Å². The molecule has 0 saturated carbocycles. The lowest BCUT2D eigenvalue weighted by molar-refractivity contribution is -0.142. The van der Waals surface area contributed by atoms with E-state index in [1.54, 1.807) is 71.9 Å². The summed E-state index contributed by atoms with van der Waals surface area (Å²) in [6, 6.07) is 15.8. The Bertz CT molecular complexity index is 1410. The van der Waals surface area contributed by atoms with Crippen molar-refractivity contribution in [2.45, 2.75) is 78.6 Å². The van der Waals surface area contributed by atoms with Crippen molar-refractivity contribution in [2.75, 3.05) is 5.32 Å². The van der Waals surface area contributed by atoms with Gasteiger partial charge in [0.2, 0.25) is 5.91 Å². The molecule has 4 N–H and O–H groups in total. The van der Waals surface area contributed by atoms with E-state index in [9.17, 15) is 24.6 Å². The van der Waals surface area contributed by atoms with Crippen LogP contribution >= 0.6 is 0 Å². The highest BCUT2D eigenvalue weighted by Crippen LogP contribution is 2.30. The molecular weight excluding hydrogens is 534 g/mol. The fourth-order valence-electron chi connectivity index (χ4n) is 4.58. The highest BCUT2D eigenvalue weighted by atomic mass is 16.6. The van der Waals surface area contributed by atoms with Crippen molar-refractivity contribution in [3.8, 4) is 11.5 Å². The maximum Gasteiger partial charge on any atom is 0.408 e. The smallest absolute Gasteiger partial charge is 0.408 e. The molecule has 2 unspecified atom stereocenters. The van der Waals surface area contributed by atoms with Gasteiger partial charge in [0.15, 0.2) is 0 Å². The molecule has 3 aromatic carbocycles. The molecule has 2 atom stereocenters. The van der Waals surface area contributed by atoms with Gasteiger partial charge < -0.3 is 30.5 Å². The molecule has 0 heterocycles. The van der Waals surface area contributed by atoms with Gasteiger partial charge in [0.25, 0.3) is 5.91 Å². The van der Waals surface area contributed by atoms with E-state index in [1.807, 2.05) is 25.1 Å². The molecule has 0 aliphatic carbocycles. The Morgan fingerprint density at radius 2 is 1.55 bits per heavy atom. The number of rotatable bonds is 9. The summed E-state index contributed by atoms with van der Waals surface area (Å²) < 4.78 is 5.46. The van der Waals surface area contributed by atoms with E-state index >= 15 is 0 Å². The molecule has 3 rings (SSSR count). The van der Waals surface area contributed by atoms with E-state index < -0.39 is 41.6 Å². The number of nitrogens with zero attached hydrogens (tertiary/aromatic N) is 1. The molecule has 0 bridgehead atoms. The fraction of sp³-hybridized carbons (Fsp3) is 0.364. The molecule has 0 radical (unpaired) electrons.